The monoisotopic (exact) mass is 242 g/mol. The van der Waals surface area contributed by atoms with E-state index in [1.165, 1.54) is 0 Å². The molecule has 2 saturated heterocycles. The largest absolute Gasteiger partial charge is 0.389 e. The molecular weight excluding hydrogens is 220 g/mol. The van der Waals surface area contributed by atoms with Crippen molar-refractivity contribution in [3.8, 4) is 0 Å². The number of aldehydes is 1. The fourth-order valence-corrected chi connectivity index (χ4v) is 2.99. The Morgan fingerprint density at radius 3 is 2.76 bits per heavy atom. The van der Waals surface area contributed by atoms with E-state index < -0.39 is 5.60 Å². The minimum Gasteiger partial charge on any atom is -0.389 e. The van der Waals surface area contributed by atoms with E-state index in [9.17, 15) is 9.90 Å². The molecule has 0 aliphatic carbocycles. The van der Waals surface area contributed by atoms with Crippen LogP contribution in [0.4, 0.5) is 0 Å². The zero-order valence-corrected chi connectivity index (χ0v) is 10.5. The molecule has 4 nitrogen and oxygen atoms in total. The maximum atomic E-state index is 10.6. The van der Waals surface area contributed by atoms with E-state index in [2.05, 4.69) is 0 Å². The Morgan fingerprint density at radius 1 is 1.41 bits per heavy atom. The maximum absolute atomic E-state index is 10.6. The van der Waals surface area contributed by atoms with Crippen molar-refractivity contribution in [3.63, 3.8) is 0 Å². The van der Waals surface area contributed by atoms with Crippen LogP contribution in [-0.4, -0.2) is 42.4 Å². The average molecular weight is 242 g/mol. The Balaban J connectivity index is 2.03. The first-order valence-electron chi connectivity index (χ1n) is 6.46. The van der Waals surface area contributed by atoms with Gasteiger partial charge in [-0.15, -0.1) is 0 Å². The Hall–Kier alpha value is -0.450. The lowest BCUT2D eigenvalue weighted by Gasteiger charge is -2.46. The first kappa shape index (κ1) is 13.0. The molecule has 2 unspecified atom stereocenters. The van der Waals surface area contributed by atoms with Gasteiger partial charge in [0.2, 0.25) is 0 Å². The molecule has 0 radical (unpaired) electrons. The first-order chi connectivity index (χ1) is 8.08. The van der Waals surface area contributed by atoms with Crippen molar-refractivity contribution in [1.29, 1.82) is 0 Å². The van der Waals surface area contributed by atoms with Gasteiger partial charge < -0.3 is 19.4 Å². The third-order valence-corrected chi connectivity index (χ3v) is 4.27. The summed E-state index contributed by atoms with van der Waals surface area (Å²) in [7, 11) is 0. The fraction of sp³-hybridized carbons (Fsp3) is 0.923. The molecule has 2 atom stereocenters. The van der Waals surface area contributed by atoms with Crippen LogP contribution in [0.25, 0.3) is 0 Å². The van der Waals surface area contributed by atoms with E-state index >= 15 is 0 Å². The summed E-state index contributed by atoms with van der Waals surface area (Å²) in [6.07, 6.45) is 4.51. The molecule has 4 heteroatoms. The molecule has 0 saturated carbocycles. The van der Waals surface area contributed by atoms with Gasteiger partial charge in [-0.05, 0) is 38.5 Å². The zero-order chi connectivity index (χ0) is 12.4. The van der Waals surface area contributed by atoms with Gasteiger partial charge >= 0.3 is 0 Å². The summed E-state index contributed by atoms with van der Waals surface area (Å²) in [5.74, 6) is 0.152. The van der Waals surface area contributed by atoms with Crippen molar-refractivity contribution < 1.29 is 19.4 Å². The highest BCUT2D eigenvalue weighted by Crippen LogP contribution is 2.41. The molecule has 2 rings (SSSR count). The standard InChI is InChI=1S/C13H22O4/c1-12(15,3-6-14)11-2-7-17-13(10-11)4-8-16-9-5-13/h6,11,15H,2-5,7-10H2,1H3. The normalized spacial score (nSPS) is 32.0. The Kier molecular flexibility index (Phi) is 3.85. The number of aliphatic hydroxyl groups is 1. The summed E-state index contributed by atoms with van der Waals surface area (Å²) < 4.78 is 11.3. The Bertz CT molecular complexity index is 263. The van der Waals surface area contributed by atoms with Gasteiger partial charge in [-0.2, -0.15) is 0 Å². The molecule has 17 heavy (non-hydrogen) atoms. The zero-order valence-electron chi connectivity index (χ0n) is 10.5. The molecule has 2 heterocycles. The van der Waals surface area contributed by atoms with Crippen molar-refractivity contribution in [2.75, 3.05) is 19.8 Å². The molecule has 0 aromatic rings. The van der Waals surface area contributed by atoms with Gasteiger partial charge in [0.05, 0.1) is 11.2 Å². The third kappa shape index (κ3) is 2.87. The lowest BCUT2D eigenvalue weighted by Crippen LogP contribution is -2.49. The molecule has 0 aromatic carbocycles. The van der Waals surface area contributed by atoms with Crippen molar-refractivity contribution in [2.24, 2.45) is 5.92 Å². The molecule has 2 aliphatic heterocycles. The third-order valence-electron chi connectivity index (χ3n) is 4.27. The van der Waals surface area contributed by atoms with E-state index in [0.29, 0.717) is 6.61 Å². The van der Waals surface area contributed by atoms with Gasteiger partial charge in [0.1, 0.15) is 6.29 Å². The van der Waals surface area contributed by atoms with Gasteiger partial charge in [0.15, 0.2) is 0 Å². The molecule has 0 aromatic heterocycles. The summed E-state index contributed by atoms with van der Waals surface area (Å²) in [4.78, 5) is 10.6. The van der Waals surface area contributed by atoms with Crippen LogP contribution in [0.5, 0.6) is 0 Å². The highest BCUT2D eigenvalue weighted by atomic mass is 16.5. The summed E-state index contributed by atoms with van der Waals surface area (Å²) >= 11 is 0. The number of hydrogen-bond donors (Lipinski definition) is 1. The van der Waals surface area contributed by atoms with Crippen LogP contribution in [0.2, 0.25) is 0 Å². The summed E-state index contributed by atoms with van der Waals surface area (Å²) in [6, 6.07) is 0. The van der Waals surface area contributed by atoms with E-state index in [4.69, 9.17) is 9.47 Å². The number of hydrogen-bond acceptors (Lipinski definition) is 4. The number of carbonyl (C=O) groups excluding carboxylic acids is 1. The number of ether oxygens (including phenoxy) is 2. The molecule has 1 spiro atoms. The lowest BCUT2D eigenvalue weighted by atomic mass is 9.73. The minimum atomic E-state index is -0.892. The van der Waals surface area contributed by atoms with Crippen molar-refractivity contribution >= 4 is 6.29 Å². The quantitative estimate of drug-likeness (QED) is 0.758. The molecule has 1 N–H and O–H groups in total. The Labute approximate surface area is 102 Å². The van der Waals surface area contributed by atoms with Crippen LogP contribution in [0, 0.1) is 5.92 Å². The van der Waals surface area contributed by atoms with Gasteiger partial charge in [-0.25, -0.2) is 0 Å². The molecule has 2 fully saturated rings. The van der Waals surface area contributed by atoms with Gasteiger partial charge in [-0.3, -0.25) is 0 Å². The van der Waals surface area contributed by atoms with Crippen molar-refractivity contribution in [3.05, 3.63) is 0 Å². The van der Waals surface area contributed by atoms with Gasteiger partial charge in [0.25, 0.3) is 0 Å². The van der Waals surface area contributed by atoms with Gasteiger partial charge in [0, 0.05) is 26.2 Å². The smallest absolute Gasteiger partial charge is 0.122 e. The highest BCUT2D eigenvalue weighted by molar-refractivity contribution is 5.51. The second-order valence-electron chi connectivity index (χ2n) is 5.56. The van der Waals surface area contributed by atoms with E-state index in [0.717, 1.165) is 45.2 Å². The lowest BCUT2D eigenvalue weighted by molar-refractivity contribution is -0.173. The molecule has 2 aliphatic rings. The van der Waals surface area contributed by atoms with Crippen molar-refractivity contribution in [2.45, 2.75) is 50.2 Å². The highest BCUT2D eigenvalue weighted by Gasteiger charge is 2.44. The van der Waals surface area contributed by atoms with E-state index in [1.54, 1.807) is 6.92 Å². The number of carbonyl (C=O) groups is 1. The fourth-order valence-electron chi connectivity index (χ4n) is 2.99. The minimum absolute atomic E-state index is 0.117. The predicted molar refractivity (Wildman–Crippen MR) is 62.8 cm³/mol. The predicted octanol–water partition coefficient (Wildman–Crippen LogP) is 1.30. The van der Waals surface area contributed by atoms with Crippen LogP contribution in [-0.2, 0) is 14.3 Å². The molecule has 0 bridgehead atoms. The molecular formula is C13H22O4. The topological polar surface area (TPSA) is 55.8 Å². The average Bonchev–Trinajstić information content (AvgIpc) is 2.30. The summed E-state index contributed by atoms with van der Waals surface area (Å²) in [5.41, 5.74) is -1.01. The maximum Gasteiger partial charge on any atom is 0.122 e. The first-order valence-corrected chi connectivity index (χ1v) is 6.46. The summed E-state index contributed by atoms with van der Waals surface area (Å²) in [6.45, 7) is 3.93. The second kappa shape index (κ2) is 5.04. The van der Waals surface area contributed by atoms with Crippen LogP contribution < -0.4 is 0 Å². The van der Waals surface area contributed by atoms with Crippen LogP contribution in [0.3, 0.4) is 0 Å². The van der Waals surface area contributed by atoms with E-state index in [-0.39, 0.29) is 17.9 Å². The number of rotatable bonds is 3. The van der Waals surface area contributed by atoms with E-state index in [1.807, 2.05) is 0 Å². The van der Waals surface area contributed by atoms with Crippen LogP contribution in [0.15, 0.2) is 0 Å². The Morgan fingerprint density at radius 2 is 2.12 bits per heavy atom. The molecule has 98 valence electrons. The van der Waals surface area contributed by atoms with Gasteiger partial charge in [-0.1, -0.05) is 0 Å². The van der Waals surface area contributed by atoms with Crippen LogP contribution >= 0.6 is 0 Å². The SMILES string of the molecule is CC(O)(CC=O)C1CCOC2(CCOCC2)C1. The van der Waals surface area contributed by atoms with Crippen LogP contribution in [0.1, 0.15) is 39.0 Å². The molecule has 0 amide bonds. The second-order valence-corrected chi connectivity index (χ2v) is 5.56. The summed E-state index contributed by atoms with van der Waals surface area (Å²) in [5, 5.41) is 10.3. The van der Waals surface area contributed by atoms with Crippen molar-refractivity contribution in [1.82, 2.24) is 0 Å².